The van der Waals surface area contributed by atoms with Gasteiger partial charge in [-0.05, 0) is 72.8 Å². The summed E-state index contributed by atoms with van der Waals surface area (Å²) in [5, 5.41) is 28.4. The van der Waals surface area contributed by atoms with Gasteiger partial charge >= 0.3 is 0 Å². The highest BCUT2D eigenvalue weighted by molar-refractivity contribution is 8.03. The molecule has 0 aliphatic rings. The lowest BCUT2D eigenvalue weighted by Gasteiger charge is -2.12. The van der Waals surface area contributed by atoms with E-state index < -0.39 is 9.93 Å². The summed E-state index contributed by atoms with van der Waals surface area (Å²) in [6.07, 6.45) is 0. The second-order valence-electron chi connectivity index (χ2n) is 5.04. The molecule has 0 fully saturated rings. The molecule has 3 N–H and O–H groups in total. The maximum atomic E-state index is 13.9. The van der Waals surface area contributed by atoms with Crippen molar-refractivity contribution < 1.29 is 19.5 Å². The predicted molar refractivity (Wildman–Crippen MR) is 87.2 cm³/mol. The van der Waals surface area contributed by atoms with Gasteiger partial charge in [0.2, 0.25) is 0 Å². The van der Waals surface area contributed by atoms with Crippen molar-refractivity contribution in [3.8, 4) is 17.2 Å². The Kier molecular flexibility index (Phi) is 3.80. The lowest BCUT2D eigenvalue weighted by Crippen LogP contribution is -2.12. The fourth-order valence-electron chi connectivity index (χ4n) is 2.32. The van der Waals surface area contributed by atoms with Crippen molar-refractivity contribution in [3.05, 3.63) is 72.8 Å². The fourth-order valence-corrected chi connectivity index (χ4v) is 4.70. The molecule has 0 spiro atoms. The number of rotatable bonds is 3. The predicted octanol–water partition coefficient (Wildman–Crippen LogP) is 3.78. The second kappa shape index (κ2) is 5.78. The van der Waals surface area contributed by atoms with Gasteiger partial charge in [-0.25, -0.2) is 0 Å². The van der Waals surface area contributed by atoms with E-state index in [2.05, 4.69) is 0 Å². The van der Waals surface area contributed by atoms with E-state index in [0.717, 1.165) is 0 Å². The van der Waals surface area contributed by atoms with Crippen molar-refractivity contribution in [3.63, 3.8) is 0 Å². The van der Waals surface area contributed by atoms with Crippen LogP contribution in [0.5, 0.6) is 17.2 Å². The van der Waals surface area contributed by atoms with Crippen LogP contribution in [0.25, 0.3) is 0 Å². The van der Waals surface area contributed by atoms with Crippen LogP contribution in [0.15, 0.2) is 87.5 Å². The van der Waals surface area contributed by atoms with Gasteiger partial charge in [0.25, 0.3) is 0 Å². The summed E-state index contributed by atoms with van der Waals surface area (Å²) in [4.78, 5) is 1.60. The highest BCUT2D eigenvalue weighted by Gasteiger charge is 2.37. The number of hydrogen-bond acceptors (Lipinski definition) is 4. The third-order valence-corrected chi connectivity index (χ3v) is 6.31. The van der Waals surface area contributed by atoms with E-state index >= 15 is 0 Å². The van der Waals surface area contributed by atoms with E-state index in [-0.39, 0.29) is 17.2 Å². The molecule has 116 valence electrons. The molecule has 0 aromatic heterocycles. The van der Waals surface area contributed by atoms with Gasteiger partial charge in [-0.2, -0.15) is 0 Å². The highest BCUT2D eigenvalue weighted by Crippen LogP contribution is 2.38. The molecule has 0 saturated heterocycles. The molecule has 0 unspecified atom stereocenters. The third-order valence-electron chi connectivity index (χ3n) is 3.51. The van der Waals surface area contributed by atoms with Crippen LogP contribution in [0.3, 0.4) is 0 Å². The van der Waals surface area contributed by atoms with Crippen LogP contribution in [-0.4, -0.2) is 15.3 Å². The molecule has 0 radical (unpaired) electrons. The summed E-state index contributed by atoms with van der Waals surface area (Å²) < 4.78 is 13.9. The van der Waals surface area contributed by atoms with Gasteiger partial charge in [0.1, 0.15) is 17.2 Å². The molecule has 0 saturated carbocycles. The monoisotopic (exact) mass is 327 g/mol. The minimum Gasteiger partial charge on any atom is -0.508 e. The van der Waals surface area contributed by atoms with E-state index in [1.54, 1.807) is 36.4 Å². The van der Waals surface area contributed by atoms with Crippen LogP contribution in [0.2, 0.25) is 0 Å². The first-order chi connectivity index (χ1) is 11.0. The maximum absolute atomic E-state index is 13.9. The van der Waals surface area contributed by atoms with Crippen LogP contribution in [-0.2, 0) is 14.1 Å². The van der Waals surface area contributed by atoms with Crippen LogP contribution >= 0.6 is 0 Å². The molecule has 0 aliphatic carbocycles. The van der Waals surface area contributed by atoms with Gasteiger partial charge < -0.3 is 15.3 Å². The molecule has 0 amide bonds. The van der Waals surface area contributed by atoms with Crippen molar-refractivity contribution in [2.45, 2.75) is 14.7 Å². The van der Waals surface area contributed by atoms with Crippen LogP contribution in [0.1, 0.15) is 0 Å². The normalized spacial score (nSPS) is 11.3. The highest BCUT2D eigenvalue weighted by atomic mass is 32.2. The molecule has 4 nitrogen and oxygen atoms in total. The standard InChI is InChI=1S/C18H14O4S/c19-13-1-7-16(8-2-13)23(22,17-9-3-14(20)4-10-17)18-11-5-15(21)6-12-18/h1-12H,(H2-,19,20,21,22)/p+1. The zero-order chi connectivity index (χ0) is 16.4. The largest absolute Gasteiger partial charge is 0.508 e. The van der Waals surface area contributed by atoms with E-state index in [9.17, 15) is 19.5 Å². The summed E-state index contributed by atoms with van der Waals surface area (Å²) in [5.74, 6) is 0.269. The summed E-state index contributed by atoms with van der Waals surface area (Å²) >= 11 is 0. The van der Waals surface area contributed by atoms with Gasteiger partial charge in [0, 0.05) is 0 Å². The summed E-state index contributed by atoms with van der Waals surface area (Å²) in [6, 6.07) is 18.5. The van der Waals surface area contributed by atoms with Gasteiger partial charge in [-0.3, -0.25) is 0 Å². The summed E-state index contributed by atoms with van der Waals surface area (Å²) in [6.45, 7) is 0. The van der Waals surface area contributed by atoms with E-state index in [0.29, 0.717) is 14.7 Å². The zero-order valence-corrected chi connectivity index (χ0v) is 12.9. The van der Waals surface area contributed by atoms with Gasteiger partial charge in [-0.15, -0.1) is 0 Å². The molecular formula is C18H15O4S+. The SMILES string of the molecule is O=[S+](c1ccc(O)cc1)(c1ccc(O)cc1)c1ccc(O)cc1. The van der Waals surface area contributed by atoms with Crippen molar-refractivity contribution in [1.82, 2.24) is 0 Å². The van der Waals surface area contributed by atoms with Gasteiger partial charge in [0.15, 0.2) is 24.6 Å². The number of benzene rings is 3. The van der Waals surface area contributed by atoms with E-state index in [4.69, 9.17) is 0 Å². The second-order valence-corrected chi connectivity index (χ2v) is 7.56. The van der Waals surface area contributed by atoms with Gasteiger partial charge in [0.05, 0.1) is 0 Å². The van der Waals surface area contributed by atoms with E-state index in [1.807, 2.05) is 0 Å². The minimum atomic E-state index is -2.81. The van der Waals surface area contributed by atoms with Crippen molar-refractivity contribution >= 4 is 9.93 Å². The van der Waals surface area contributed by atoms with Crippen LogP contribution in [0.4, 0.5) is 0 Å². The third kappa shape index (κ3) is 2.78. The first-order valence-corrected chi connectivity index (χ1v) is 8.47. The van der Waals surface area contributed by atoms with Gasteiger partial charge in [-0.1, -0.05) is 4.21 Å². The van der Waals surface area contributed by atoms with Crippen molar-refractivity contribution in [2.24, 2.45) is 0 Å². The topological polar surface area (TPSA) is 77.8 Å². The van der Waals surface area contributed by atoms with Crippen molar-refractivity contribution in [2.75, 3.05) is 0 Å². The number of phenols is 3. The average Bonchev–Trinajstić information content (AvgIpc) is 2.56. The Bertz CT molecular complexity index is 735. The zero-order valence-electron chi connectivity index (χ0n) is 12.1. The lowest BCUT2D eigenvalue weighted by molar-refractivity contribution is 0.474. The molecule has 0 heterocycles. The molecular weight excluding hydrogens is 312 g/mol. The molecule has 0 atom stereocenters. The van der Waals surface area contributed by atoms with Crippen LogP contribution in [0, 0.1) is 0 Å². The molecule has 23 heavy (non-hydrogen) atoms. The minimum absolute atomic E-state index is 0.0897. The average molecular weight is 327 g/mol. The molecule has 0 aliphatic heterocycles. The van der Waals surface area contributed by atoms with E-state index in [1.165, 1.54) is 36.4 Å². The number of hydrogen-bond donors (Lipinski definition) is 3. The quantitative estimate of drug-likeness (QED) is 0.640. The molecule has 3 aromatic carbocycles. The Balaban J connectivity index is 2.24. The lowest BCUT2D eigenvalue weighted by atomic mass is 10.3. The van der Waals surface area contributed by atoms with Crippen molar-refractivity contribution in [1.29, 1.82) is 0 Å². The Morgan fingerprint density at radius 3 is 0.913 bits per heavy atom. The van der Waals surface area contributed by atoms with Crippen LogP contribution < -0.4 is 0 Å². The Morgan fingerprint density at radius 2 is 0.696 bits per heavy atom. The first-order valence-electron chi connectivity index (χ1n) is 6.91. The number of phenolic OH excluding ortho intramolecular Hbond substituents is 3. The summed E-state index contributed by atoms with van der Waals surface area (Å²) in [7, 11) is -2.81. The molecule has 0 bridgehead atoms. The Labute approximate surface area is 134 Å². The fraction of sp³-hybridized carbons (Fsp3) is 0. The number of aromatic hydroxyl groups is 3. The first kappa shape index (κ1) is 15.1. The Morgan fingerprint density at radius 1 is 0.478 bits per heavy atom. The summed E-state index contributed by atoms with van der Waals surface area (Å²) in [5.41, 5.74) is 0. The molecule has 3 aromatic rings. The molecule has 5 heteroatoms. The molecule has 3 rings (SSSR count). The maximum Gasteiger partial charge on any atom is 0.182 e. The smallest absolute Gasteiger partial charge is 0.182 e. The Hall–Kier alpha value is -2.79.